The fraction of sp³-hybridized carbons (Fsp3) is 0.250. The maximum Gasteiger partial charge on any atom is 0.190 e. The number of ether oxygens (including phenoxy) is 2. The van der Waals surface area contributed by atoms with Crippen LogP contribution in [0, 0.1) is 11.6 Å². The zero-order valence-electron chi connectivity index (χ0n) is 11.5. The van der Waals surface area contributed by atoms with Crippen LogP contribution >= 0.6 is 0 Å². The minimum Gasteiger partial charge on any atom is -0.493 e. The van der Waals surface area contributed by atoms with E-state index >= 15 is 0 Å². The van der Waals surface area contributed by atoms with Crippen molar-refractivity contribution in [3.8, 4) is 11.5 Å². The predicted molar refractivity (Wildman–Crippen MR) is 76.3 cm³/mol. The second kappa shape index (κ2) is 7.59. The lowest BCUT2D eigenvalue weighted by Gasteiger charge is -2.10. The zero-order valence-corrected chi connectivity index (χ0v) is 11.5. The number of para-hydroxylation sites is 1. The second-order valence-corrected chi connectivity index (χ2v) is 4.46. The summed E-state index contributed by atoms with van der Waals surface area (Å²) in [6.45, 7) is 0.663. The Balaban J connectivity index is 1.79. The van der Waals surface area contributed by atoms with Gasteiger partial charge in [-0.15, -0.1) is 0 Å². The Bertz CT molecular complexity index is 553. The summed E-state index contributed by atoms with van der Waals surface area (Å²) < 4.78 is 37.8. The van der Waals surface area contributed by atoms with E-state index < -0.39 is 11.6 Å². The number of benzene rings is 2. The molecule has 0 heterocycles. The van der Waals surface area contributed by atoms with Crippen molar-refractivity contribution in [3.63, 3.8) is 0 Å². The minimum absolute atomic E-state index is 0.0824. The molecule has 0 amide bonds. The SMILES string of the molecule is NCc1cc(F)c(OCCCOc2ccccc2)c(F)c1. The topological polar surface area (TPSA) is 44.5 Å². The highest BCUT2D eigenvalue weighted by atomic mass is 19.1. The molecule has 2 aromatic carbocycles. The standard InChI is InChI=1S/C16H17F2NO2/c17-14-9-12(11-19)10-15(18)16(14)21-8-4-7-20-13-5-2-1-3-6-13/h1-3,5-6,9-10H,4,7-8,11,19H2. The fourth-order valence-corrected chi connectivity index (χ4v) is 1.81. The lowest BCUT2D eigenvalue weighted by Crippen LogP contribution is -2.08. The third-order valence-electron chi connectivity index (χ3n) is 2.84. The van der Waals surface area contributed by atoms with Crippen molar-refractivity contribution >= 4 is 0 Å². The normalized spacial score (nSPS) is 10.4. The highest BCUT2D eigenvalue weighted by Crippen LogP contribution is 2.23. The summed E-state index contributed by atoms with van der Waals surface area (Å²) in [7, 11) is 0. The molecule has 0 bridgehead atoms. The van der Waals surface area contributed by atoms with Crippen LogP contribution in [0.25, 0.3) is 0 Å². The van der Waals surface area contributed by atoms with Gasteiger partial charge >= 0.3 is 0 Å². The Morgan fingerprint density at radius 3 is 2.14 bits per heavy atom. The highest BCUT2D eigenvalue weighted by molar-refractivity contribution is 5.31. The molecule has 0 aromatic heterocycles. The van der Waals surface area contributed by atoms with E-state index in [2.05, 4.69) is 0 Å². The molecule has 0 aliphatic heterocycles. The van der Waals surface area contributed by atoms with Gasteiger partial charge in [-0.1, -0.05) is 18.2 Å². The maximum absolute atomic E-state index is 13.6. The Hall–Kier alpha value is -2.14. The van der Waals surface area contributed by atoms with Crippen molar-refractivity contribution in [2.24, 2.45) is 5.73 Å². The van der Waals surface area contributed by atoms with Gasteiger partial charge in [0, 0.05) is 13.0 Å². The Morgan fingerprint density at radius 2 is 1.52 bits per heavy atom. The first kappa shape index (κ1) is 15.3. The van der Waals surface area contributed by atoms with Crippen LogP contribution in [-0.2, 0) is 6.54 Å². The third-order valence-corrected chi connectivity index (χ3v) is 2.84. The molecule has 0 fully saturated rings. The fourth-order valence-electron chi connectivity index (χ4n) is 1.81. The average Bonchev–Trinajstić information content (AvgIpc) is 2.50. The van der Waals surface area contributed by atoms with Gasteiger partial charge in [0.2, 0.25) is 0 Å². The maximum atomic E-state index is 13.6. The Labute approximate surface area is 122 Å². The van der Waals surface area contributed by atoms with Crippen molar-refractivity contribution in [2.45, 2.75) is 13.0 Å². The molecule has 0 unspecified atom stereocenters. The molecule has 2 aromatic rings. The molecule has 0 aliphatic rings. The first-order chi connectivity index (χ1) is 10.2. The molecule has 5 heteroatoms. The van der Waals surface area contributed by atoms with Crippen LogP contribution in [0.5, 0.6) is 11.5 Å². The largest absolute Gasteiger partial charge is 0.493 e. The molecule has 0 aliphatic carbocycles. The quantitative estimate of drug-likeness (QED) is 0.797. The van der Waals surface area contributed by atoms with Gasteiger partial charge in [-0.05, 0) is 29.8 Å². The van der Waals surface area contributed by atoms with Crippen molar-refractivity contribution < 1.29 is 18.3 Å². The van der Waals surface area contributed by atoms with Crippen LogP contribution in [0.2, 0.25) is 0 Å². The number of rotatable bonds is 7. The van der Waals surface area contributed by atoms with Crippen LogP contribution < -0.4 is 15.2 Å². The molecule has 0 saturated heterocycles. The summed E-state index contributed by atoms with van der Waals surface area (Å²) in [5.41, 5.74) is 5.74. The zero-order chi connectivity index (χ0) is 15.1. The van der Waals surface area contributed by atoms with E-state index in [4.69, 9.17) is 15.2 Å². The van der Waals surface area contributed by atoms with Gasteiger partial charge in [0.1, 0.15) is 5.75 Å². The Morgan fingerprint density at radius 1 is 0.905 bits per heavy atom. The van der Waals surface area contributed by atoms with Crippen LogP contribution in [0.4, 0.5) is 8.78 Å². The minimum atomic E-state index is -0.737. The van der Waals surface area contributed by atoms with Gasteiger partial charge in [-0.2, -0.15) is 0 Å². The number of hydrogen-bond acceptors (Lipinski definition) is 3. The van der Waals surface area contributed by atoms with Gasteiger partial charge in [0.25, 0.3) is 0 Å². The van der Waals surface area contributed by atoms with Crippen LogP contribution in [-0.4, -0.2) is 13.2 Å². The monoisotopic (exact) mass is 293 g/mol. The number of hydrogen-bond donors (Lipinski definition) is 1. The molecule has 3 nitrogen and oxygen atoms in total. The molecule has 21 heavy (non-hydrogen) atoms. The highest BCUT2D eigenvalue weighted by Gasteiger charge is 2.12. The molecule has 0 spiro atoms. The van der Waals surface area contributed by atoms with E-state index in [-0.39, 0.29) is 18.9 Å². The lowest BCUT2D eigenvalue weighted by atomic mass is 10.2. The van der Waals surface area contributed by atoms with E-state index in [1.807, 2.05) is 30.3 Å². The lowest BCUT2D eigenvalue weighted by molar-refractivity contribution is 0.234. The summed E-state index contributed by atoms with van der Waals surface area (Å²) in [5.74, 6) is -1.09. The summed E-state index contributed by atoms with van der Waals surface area (Å²) in [6, 6.07) is 11.7. The van der Waals surface area contributed by atoms with E-state index in [0.717, 1.165) is 5.75 Å². The van der Waals surface area contributed by atoms with Gasteiger partial charge in [-0.3, -0.25) is 0 Å². The summed E-state index contributed by atoms with van der Waals surface area (Å²) in [5, 5.41) is 0. The van der Waals surface area contributed by atoms with Crippen molar-refractivity contribution in [1.29, 1.82) is 0 Å². The van der Waals surface area contributed by atoms with Crippen molar-refractivity contribution in [2.75, 3.05) is 13.2 Å². The van der Waals surface area contributed by atoms with Crippen LogP contribution in [0.15, 0.2) is 42.5 Å². The summed E-state index contributed by atoms with van der Waals surface area (Å²) >= 11 is 0. The molecule has 0 atom stereocenters. The van der Waals surface area contributed by atoms with Crippen molar-refractivity contribution in [1.82, 2.24) is 0 Å². The molecule has 0 saturated carbocycles. The first-order valence-corrected chi connectivity index (χ1v) is 6.69. The molecular formula is C16H17F2NO2. The average molecular weight is 293 g/mol. The van der Waals surface area contributed by atoms with E-state index in [1.54, 1.807) is 0 Å². The van der Waals surface area contributed by atoms with Gasteiger partial charge in [-0.25, -0.2) is 8.78 Å². The smallest absolute Gasteiger partial charge is 0.190 e. The van der Waals surface area contributed by atoms with Gasteiger partial charge in [0.05, 0.1) is 13.2 Å². The van der Waals surface area contributed by atoms with Crippen molar-refractivity contribution in [3.05, 3.63) is 59.7 Å². The Kier molecular flexibility index (Phi) is 5.51. The molecule has 112 valence electrons. The number of halogens is 2. The first-order valence-electron chi connectivity index (χ1n) is 6.69. The number of nitrogens with two attached hydrogens (primary N) is 1. The summed E-state index contributed by atoms with van der Waals surface area (Å²) in [4.78, 5) is 0. The van der Waals surface area contributed by atoms with Crippen LogP contribution in [0.1, 0.15) is 12.0 Å². The van der Waals surface area contributed by atoms with E-state index in [1.165, 1.54) is 12.1 Å². The van der Waals surface area contributed by atoms with Gasteiger partial charge < -0.3 is 15.2 Å². The molecule has 2 N–H and O–H groups in total. The molecule has 0 radical (unpaired) electrons. The summed E-state index contributed by atoms with van der Waals surface area (Å²) in [6.07, 6.45) is 0.520. The predicted octanol–water partition coefficient (Wildman–Crippen LogP) is 3.27. The third kappa shape index (κ3) is 4.43. The molecular weight excluding hydrogens is 276 g/mol. The van der Waals surface area contributed by atoms with Gasteiger partial charge in [0.15, 0.2) is 17.4 Å². The van der Waals surface area contributed by atoms with E-state index in [9.17, 15) is 8.78 Å². The van der Waals surface area contributed by atoms with Crippen LogP contribution in [0.3, 0.4) is 0 Å². The molecule has 2 rings (SSSR count). The second-order valence-electron chi connectivity index (χ2n) is 4.46. The van der Waals surface area contributed by atoms with E-state index in [0.29, 0.717) is 18.6 Å².